The molecule has 11 nitrogen and oxygen atoms in total. The number of benzene rings is 2. The zero-order valence-corrected chi connectivity index (χ0v) is 24.3. The Morgan fingerprint density at radius 1 is 0.976 bits per heavy atom. The van der Waals surface area contributed by atoms with E-state index < -0.39 is 29.7 Å². The number of hydrogen-bond acceptors (Lipinski definition) is 8. The quantitative estimate of drug-likeness (QED) is 0.195. The molecule has 0 aliphatic carbocycles. The molecule has 2 N–H and O–H groups in total. The summed E-state index contributed by atoms with van der Waals surface area (Å²) in [6.45, 7) is 1.43. The number of carbonyl (C=O) groups is 4. The molecular weight excluding hydrogens is 602 g/mol. The molecule has 1 unspecified atom stereocenters. The van der Waals surface area contributed by atoms with Gasteiger partial charge in [0.25, 0.3) is 11.8 Å². The standard InChI is InChI=1S/C30H28BrN7O4/c31-19-8-9-21-23(14-19)35-24(16-33-21)18-15-34-37(17-18)13-4-2-1-3-12-32-22-7-5-6-20-27(22)30(42)38(29(20)41)25-10-11-26(39)36-28(25)40/h5-9,14-17,25,32H,1-4,10-13H2,(H,36,39,40). The fraction of sp³-hybridized carbons (Fsp3) is 0.300. The third-order valence-corrected chi connectivity index (χ3v) is 8.02. The number of piperidine rings is 1. The number of aromatic nitrogens is 4. The van der Waals surface area contributed by atoms with E-state index >= 15 is 0 Å². The third-order valence-electron chi connectivity index (χ3n) is 7.53. The second kappa shape index (κ2) is 11.8. The minimum atomic E-state index is -0.975. The van der Waals surface area contributed by atoms with Gasteiger partial charge in [-0.3, -0.25) is 39.1 Å². The van der Waals surface area contributed by atoms with Gasteiger partial charge in [-0.1, -0.05) is 34.8 Å². The number of aryl methyl sites for hydroxylation is 1. The zero-order chi connectivity index (χ0) is 29.2. The Bertz CT molecular complexity index is 1720. The normalized spacial score (nSPS) is 16.7. The SMILES string of the molecule is O=C1CCC(N2C(=O)c3cccc(NCCCCCCn4cc(-c5cnc6ccc(Br)cc6n5)cn4)c3C2=O)C(=O)N1. The first-order valence-corrected chi connectivity index (χ1v) is 14.7. The Morgan fingerprint density at radius 3 is 2.69 bits per heavy atom. The van der Waals surface area contributed by atoms with Gasteiger partial charge in [-0.25, -0.2) is 4.98 Å². The van der Waals surface area contributed by atoms with Crippen molar-refractivity contribution in [2.45, 2.75) is 51.1 Å². The fourth-order valence-corrected chi connectivity index (χ4v) is 5.73. The molecule has 1 atom stereocenters. The van der Waals surface area contributed by atoms with Crippen molar-refractivity contribution in [1.82, 2.24) is 30.0 Å². The van der Waals surface area contributed by atoms with Crippen LogP contribution in [-0.4, -0.2) is 60.9 Å². The highest BCUT2D eigenvalue weighted by Gasteiger charge is 2.45. The highest BCUT2D eigenvalue weighted by Crippen LogP contribution is 2.32. The van der Waals surface area contributed by atoms with Gasteiger partial charge in [0, 0.05) is 41.4 Å². The molecule has 6 rings (SSSR count). The molecule has 2 aliphatic heterocycles. The molecule has 0 bridgehead atoms. The van der Waals surface area contributed by atoms with Gasteiger partial charge in [0.05, 0.1) is 40.2 Å². The summed E-state index contributed by atoms with van der Waals surface area (Å²) in [5.41, 5.74) is 4.51. The molecule has 4 heterocycles. The molecule has 214 valence electrons. The lowest BCUT2D eigenvalue weighted by atomic mass is 10.0. The Morgan fingerprint density at radius 2 is 1.83 bits per heavy atom. The van der Waals surface area contributed by atoms with Crippen LogP contribution in [0, 0.1) is 0 Å². The van der Waals surface area contributed by atoms with Crippen molar-refractivity contribution < 1.29 is 19.2 Å². The number of rotatable bonds is 10. The van der Waals surface area contributed by atoms with Crippen LogP contribution in [0.25, 0.3) is 22.3 Å². The number of amides is 4. The first-order chi connectivity index (χ1) is 20.4. The minimum Gasteiger partial charge on any atom is -0.384 e. The second-order valence-corrected chi connectivity index (χ2v) is 11.3. The first-order valence-electron chi connectivity index (χ1n) is 13.9. The van der Waals surface area contributed by atoms with Gasteiger partial charge in [-0.2, -0.15) is 5.10 Å². The lowest BCUT2D eigenvalue weighted by Crippen LogP contribution is -2.54. The monoisotopic (exact) mass is 629 g/mol. The van der Waals surface area contributed by atoms with Gasteiger partial charge in [0.2, 0.25) is 11.8 Å². The molecule has 0 saturated carbocycles. The number of nitrogens with one attached hydrogen (secondary N) is 2. The molecule has 1 fully saturated rings. The Balaban J connectivity index is 0.974. The summed E-state index contributed by atoms with van der Waals surface area (Å²) < 4.78 is 2.88. The maximum atomic E-state index is 13.2. The fourth-order valence-electron chi connectivity index (χ4n) is 5.38. The van der Waals surface area contributed by atoms with Crippen LogP contribution in [0.4, 0.5) is 5.69 Å². The number of nitrogens with zero attached hydrogens (tertiary/aromatic N) is 5. The number of fused-ring (bicyclic) bond motifs is 2. The predicted octanol–water partition coefficient (Wildman–Crippen LogP) is 4.33. The largest absolute Gasteiger partial charge is 0.384 e. The van der Waals surface area contributed by atoms with Crippen molar-refractivity contribution >= 4 is 56.3 Å². The van der Waals surface area contributed by atoms with Gasteiger partial charge in [0.1, 0.15) is 6.04 Å². The van der Waals surface area contributed by atoms with Gasteiger partial charge in [-0.05, 0) is 49.6 Å². The van der Waals surface area contributed by atoms with Crippen molar-refractivity contribution in [3.05, 3.63) is 70.6 Å². The van der Waals surface area contributed by atoms with E-state index in [0.717, 1.165) is 63.9 Å². The lowest BCUT2D eigenvalue weighted by Gasteiger charge is -2.27. The van der Waals surface area contributed by atoms with E-state index in [1.807, 2.05) is 35.3 Å². The van der Waals surface area contributed by atoms with Crippen LogP contribution < -0.4 is 10.6 Å². The van der Waals surface area contributed by atoms with Gasteiger partial charge < -0.3 is 5.32 Å². The predicted molar refractivity (Wildman–Crippen MR) is 159 cm³/mol. The van der Waals surface area contributed by atoms with Crippen LogP contribution in [0.5, 0.6) is 0 Å². The smallest absolute Gasteiger partial charge is 0.264 e. The molecule has 0 radical (unpaired) electrons. The molecule has 4 aromatic rings. The van der Waals surface area contributed by atoms with E-state index in [2.05, 4.69) is 36.6 Å². The molecule has 4 amide bonds. The number of anilines is 1. The molecule has 12 heteroatoms. The molecular formula is C30H28BrN7O4. The van der Waals surface area contributed by atoms with E-state index in [1.54, 1.807) is 24.4 Å². The van der Waals surface area contributed by atoms with E-state index in [4.69, 9.17) is 4.98 Å². The van der Waals surface area contributed by atoms with Crippen molar-refractivity contribution in [3.8, 4) is 11.3 Å². The van der Waals surface area contributed by atoms with Crippen molar-refractivity contribution in [1.29, 1.82) is 0 Å². The number of halogens is 1. The number of imide groups is 2. The van der Waals surface area contributed by atoms with Crippen molar-refractivity contribution in [2.75, 3.05) is 11.9 Å². The van der Waals surface area contributed by atoms with Crippen LogP contribution in [0.1, 0.15) is 59.2 Å². The number of hydrogen-bond donors (Lipinski definition) is 2. The highest BCUT2D eigenvalue weighted by atomic mass is 79.9. The van der Waals surface area contributed by atoms with Crippen molar-refractivity contribution in [3.63, 3.8) is 0 Å². The van der Waals surface area contributed by atoms with Gasteiger partial charge >= 0.3 is 0 Å². The topological polar surface area (TPSA) is 139 Å². The van der Waals surface area contributed by atoms with Gasteiger partial charge in [0.15, 0.2) is 0 Å². The summed E-state index contributed by atoms with van der Waals surface area (Å²) in [5.74, 6) is -2.02. The van der Waals surface area contributed by atoms with Crippen LogP contribution in [0.2, 0.25) is 0 Å². The van der Waals surface area contributed by atoms with E-state index in [9.17, 15) is 19.2 Å². The highest BCUT2D eigenvalue weighted by molar-refractivity contribution is 9.10. The lowest BCUT2D eigenvalue weighted by molar-refractivity contribution is -0.136. The van der Waals surface area contributed by atoms with Crippen LogP contribution in [-0.2, 0) is 16.1 Å². The van der Waals surface area contributed by atoms with Crippen LogP contribution in [0.15, 0.2) is 59.5 Å². The molecule has 2 aliphatic rings. The van der Waals surface area contributed by atoms with Crippen LogP contribution in [0.3, 0.4) is 0 Å². The second-order valence-electron chi connectivity index (χ2n) is 10.4. The first kappa shape index (κ1) is 27.7. The Labute approximate surface area is 249 Å². The summed E-state index contributed by atoms with van der Waals surface area (Å²) >= 11 is 3.48. The molecule has 0 spiro atoms. The maximum absolute atomic E-state index is 13.2. The molecule has 2 aromatic heterocycles. The summed E-state index contributed by atoms with van der Waals surface area (Å²) in [4.78, 5) is 60.2. The summed E-state index contributed by atoms with van der Waals surface area (Å²) in [5, 5.41) is 10.00. The summed E-state index contributed by atoms with van der Waals surface area (Å²) in [6.07, 6.45) is 9.63. The maximum Gasteiger partial charge on any atom is 0.264 e. The average molecular weight is 631 g/mol. The van der Waals surface area contributed by atoms with Gasteiger partial charge in [-0.15, -0.1) is 0 Å². The number of unbranched alkanes of at least 4 members (excludes halogenated alkanes) is 3. The van der Waals surface area contributed by atoms with E-state index in [1.165, 1.54) is 0 Å². The number of carbonyl (C=O) groups excluding carboxylic acids is 4. The Kier molecular flexibility index (Phi) is 7.79. The third kappa shape index (κ3) is 5.54. The minimum absolute atomic E-state index is 0.0912. The molecule has 1 saturated heterocycles. The Hall–Kier alpha value is -4.45. The molecule has 42 heavy (non-hydrogen) atoms. The molecule has 2 aromatic carbocycles. The summed E-state index contributed by atoms with van der Waals surface area (Å²) in [6, 6.07) is 9.94. The van der Waals surface area contributed by atoms with E-state index in [0.29, 0.717) is 12.2 Å². The van der Waals surface area contributed by atoms with E-state index in [-0.39, 0.29) is 24.0 Å². The zero-order valence-electron chi connectivity index (χ0n) is 22.7. The van der Waals surface area contributed by atoms with Crippen LogP contribution >= 0.6 is 15.9 Å². The van der Waals surface area contributed by atoms with Crippen molar-refractivity contribution in [2.24, 2.45) is 0 Å². The average Bonchev–Trinajstić information content (AvgIpc) is 3.55. The summed E-state index contributed by atoms with van der Waals surface area (Å²) in [7, 11) is 0.